The van der Waals surface area contributed by atoms with Crippen LogP contribution in [0.5, 0.6) is 0 Å². The Labute approximate surface area is 134 Å². The predicted molar refractivity (Wildman–Crippen MR) is 80.6 cm³/mol. The van der Waals surface area contributed by atoms with Crippen molar-refractivity contribution in [3.05, 3.63) is 23.3 Å². The van der Waals surface area contributed by atoms with Crippen LogP contribution in [0, 0.1) is 17.8 Å². The van der Waals surface area contributed by atoms with Crippen molar-refractivity contribution in [1.82, 2.24) is 0 Å². The molecule has 2 aliphatic rings. The van der Waals surface area contributed by atoms with Gasteiger partial charge in [-0.2, -0.15) is 8.78 Å². The number of hydrogen-bond acceptors (Lipinski definition) is 4. The van der Waals surface area contributed by atoms with Crippen molar-refractivity contribution in [2.75, 3.05) is 0 Å². The fourth-order valence-electron chi connectivity index (χ4n) is 4.06. The molecule has 23 heavy (non-hydrogen) atoms. The Bertz CT molecular complexity index is 553. The largest absolute Gasteiger partial charge is 0.455 e. The molecular weight excluding hydrogens is 306 g/mol. The molecule has 0 heterocycles. The lowest BCUT2D eigenvalue weighted by Gasteiger charge is -2.54. The highest BCUT2D eigenvalue weighted by Gasteiger charge is 2.58. The number of aliphatic hydroxyl groups is 2. The molecule has 0 spiro atoms. The molecular formula is C17H24F2O4. The number of carbonyl (C=O) groups is 1. The maximum Gasteiger partial charge on any atom is 0.303 e. The molecule has 2 N–H and O–H groups in total. The minimum absolute atomic E-state index is 0.0532. The topological polar surface area (TPSA) is 66.8 Å². The van der Waals surface area contributed by atoms with Crippen LogP contribution < -0.4 is 0 Å². The van der Waals surface area contributed by atoms with Gasteiger partial charge in [0.05, 0.1) is 0 Å². The SMILES string of the molecule is CC(=O)O[C@@H]1C(C)=C[C@H]2[C@H](C(C)=C(F)F)CC[C@H](C)[C@@]2(O)[C@H]1O. The second-order valence-electron chi connectivity index (χ2n) is 6.83. The molecule has 1 saturated carbocycles. The van der Waals surface area contributed by atoms with E-state index in [-0.39, 0.29) is 11.5 Å². The third kappa shape index (κ3) is 2.94. The van der Waals surface area contributed by atoms with Gasteiger partial charge in [-0.1, -0.05) is 13.0 Å². The second kappa shape index (κ2) is 6.32. The zero-order chi connectivity index (χ0) is 17.5. The van der Waals surface area contributed by atoms with Crippen molar-refractivity contribution in [2.45, 2.75) is 58.3 Å². The molecule has 2 aliphatic carbocycles. The van der Waals surface area contributed by atoms with Gasteiger partial charge in [0.2, 0.25) is 0 Å². The molecule has 130 valence electrons. The van der Waals surface area contributed by atoms with E-state index in [0.29, 0.717) is 18.4 Å². The Balaban J connectivity index is 2.50. The van der Waals surface area contributed by atoms with E-state index in [4.69, 9.17) is 4.74 Å². The first-order chi connectivity index (χ1) is 10.6. The monoisotopic (exact) mass is 330 g/mol. The van der Waals surface area contributed by atoms with Crippen LogP contribution in [-0.2, 0) is 9.53 Å². The van der Waals surface area contributed by atoms with Crippen LogP contribution in [0.4, 0.5) is 8.78 Å². The molecule has 0 aromatic carbocycles. The molecule has 1 fully saturated rings. The Kier molecular flexibility index (Phi) is 4.97. The van der Waals surface area contributed by atoms with Crippen molar-refractivity contribution in [3.63, 3.8) is 0 Å². The summed E-state index contributed by atoms with van der Waals surface area (Å²) in [6, 6.07) is 0. The van der Waals surface area contributed by atoms with Crippen molar-refractivity contribution in [1.29, 1.82) is 0 Å². The van der Waals surface area contributed by atoms with Crippen LogP contribution in [0.3, 0.4) is 0 Å². The molecule has 4 nitrogen and oxygen atoms in total. The van der Waals surface area contributed by atoms with Crippen molar-refractivity contribution >= 4 is 5.97 Å². The van der Waals surface area contributed by atoms with Gasteiger partial charge in [0.25, 0.3) is 6.08 Å². The van der Waals surface area contributed by atoms with Gasteiger partial charge >= 0.3 is 5.97 Å². The first-order valence-corrected chi connectivity index (χ1v) is 7.88. The molecule has 0 aromatic rings. The number of rotatable bonds is 2. The highest BCUT2D eigenvalue weighted by atomic mass is 19.3. The molecule has 0 saturated heterocycles. The summed E-state index contributed by atoms with van der Waals surface area (Å²) in [5.41, 5.74) is -1.07. The van der Waals surface area contributed by atoms with Crippen molar-refractivity contribution in [3.8, 4) is 0 Å². The number of fused-ring (bicyclic) bond motifs is 1. The third-order valence-corrected chi connectivity index (χ3v) is 5.47. The smallest absolute Gasteiger partial charge is 0.303 e. The maximum atomic E-state index is 13.1. The lowest BCUT2D eigenvalue weighted by molar-refractivity contribution is -0.203. The Morgan fingerprint density at radius 2 is 1.96 bits per heavy atom. The number of aliphatic hydroxyl groups excluding tert-OH is 1. The Morgan fingerprint density at radius 3 is 2.48 bits per heavy atom. The van der Waals surface area contributed by atoms with Gasteiger partial charge in [0.15, 0.2) is 6.10 Å². The first kappa shape index (κ1) is 18.1. The molecule has 0 amide bonds. The summed E-state index contributed by atoms with van der Waals surface area (Å²) in [6.45, 7) is 6.06. The number of carbonyl (C=O) groups excluding carboxylic acids is 1. The van der Waals surface area contributed by atoms with Crippen LogP contribution in [0.25, 0.3) is 0 Å². The summed E-state index contributed by atoms with van der Waals surface area (Å²) in [6.07, 6.45) is -1.31. The Hall–Kier alpha value is -1.27. The number of ether oxygens (including phenoxy) is 1. The summed E-state index contributed by atoms with van der Waals surface area (Å²) < 4.78 is 31.3. The van der Waals surface area contributed by atoms with E-state index < -0.39 is 41.7 Å². The van der Waals surface area contributed by atoms with Crippen LogP contribution in [0.2, 0.25) is 0 Å². The van der Waals surface area contributed by atoms with Gasteiger partial charge in [0.1, 0.15) is 11.7 Å². The van der Waals surface area contributed by atoms with Gasteiger partial charge < -0.3 is 14.9 Å². The molecule has 6 atom stereocenters. The average Bonchev–Trinajstić information content (AvgIpc) is 2.46. The molecule has 2 rings (SSSR count). The highest BCUT2D eigenvalue weighted by molar-refractivity contribution is 5.66. The fraction of sp³-hybridized carbons (Fsp3) is 0.706. The van der Waals surface area contributed by atoms with Gasteiger partial charge in [-0.3, -0.25) is 4.79 Å². The minimum Gasteiger partial charge on any atom is -0.455 e. The highest BCUT2D eigenvalue weighted by Crippen LogP contribution is 2.51. The average molecular weight is 330 g/mol. The summed E-state index contributed by atoms with van der Waals surface area (Å²) in [5, 5.41) is 21.9. The van der Waals surface area contributed by atoms with Gasteiger partial charge in [-0.15, -0.1) is 0 Å². The molecule has 0 aliphatic heterocycles. The molecule has 6 heteroatoms. The zero-order valence-corrected chi connectivity index (χ0v) is 13.8. The fourth-order valence-corrected chi connectivity index (χ4v) is 4.06. The predicted octanol–water partition coefficient (Wildman–Crippen LogP) is 2.80. The van der Waals surface area contributed by atoms with E-state index in [1.165, 1.54) is 13.8 Å². The van der Waals surface area contributed by atoms with Gasteiger partial charge in [-0.05, 0) is 49.7 Å². The zero-order valence-electron chi connectivity index (χ0n) is 13.8. The standard InChI is InChI=1S/C17H24F2O4/c1-8-7-13-12(10(3)16(18)19)6-5-9(2)17(13,22)15(21)14(8)23-11(4)20/h7,9,12-15,21-22H,5-6H2,1-4H3/t9-,12-,13-,14+,15-,17-/m0/s1. The molecule has 0 aromatic heterocycles. The third-order valence-electron chi connectivity index (χ3n) is 5.47. The number of esters is 1. The van der Waals surface area contributed by atoms with Crippen molar-refractivity contribution < 1.29 is 28.5 Å². The van der Waals surface area contributed by atoms with E-state index in [1.54, 1.807) is 19.9 Å². The lowest BCUT2D eigenvalue weighted by atomic mass is 9.56. The number of allylic oxidation sites excluding steroid dienone is 1. The van der Waals surface area contributed by atoms with E-state index in [1.807, 2.05) is 0 Å². The van der Waals surface area contributed by atoms with E-state index >= 15 is 0 Å². The summed E-state index contributed by atoms with van der Waals surface area (Å²) >= 11 is 0. The first-order valence-electron chi connectivity index (χ1n) is 7.88. The van der Waals surface area contributed by atoms with Crippen LogP contribution >= 0.6 is 0 Å². The molecule has 0 bridgehead atoms. The quantitative estimate of drug-likeness (QED) is 0.603. The van der Waals surface area contributed by atoms with E-state index in [2.05, 4.69) is 0 Å². The van der Waals surface area contributed by atoms with Gasteiger partial charge in [-0.25, -0.2) is 0 Å². The lowest BCUT2D eigenvalue weighted by Crippen LogP contribution is -2.64. The Morgan fingerprint density at radius 1 is 1.35 bits per heavy atom. The summed E-state index contributed by atoms with van der Waals surface area (Å²) in [7, 11) is 0. The normalized spacial score (nSPS) is 40.0. The van der Waals surface area contributed by atoms with Crippen LogP contribution in [0.1, 0.15) is 40.5 Å². The van der Waals surface area contributed by atoms with E-state index in [9.17, 15) is 23.8 Å². The van der Waals surface area contributed by atoms with Crippen LogP contribution in [-0.4, -0.2) is 34.0 Å². The number of hydrogen-bond donors (Lipinski definition) is 2. The summed E-state index contributed by atoms with van der Waals surface area (Å²) in [5.74, 6) is -2.02. The maximum absolute atomic E-state index is 13.1. The van der Waals surface area contributed by atoms with Crippen molar-refractivity contribution in [2.24, 2.45) is 17.8 Å². The minimum atomic E-state index is -1.74. The number of halogens is 2. The van der Waals surface area contributed by atoms with Gasteiger partial charge in [0, 0.05) is 12.8 Å². The van der Waals surface area contributed by atoms with E-state index in [0.717, 1.165) is 0 Å². The second-order valence-corrected chi connectivity index (χ2v) is 6.83. The van der Waals surface area contributed by atoms with Crippen LogP contribution in [0.15, 0.2) is 23.3 Å². The molecule has 0 radical (unpaired) electrons. The summed E-state index contributed by atoms with van der Waals surface area (Å²) in [4.78, 5) is 11.3. The molecule has 0 unspecified atom stereocenters.